The highest BCUT2D eigenvalue weighted by Gasteiger charge is 2.36. The van der Waals surface area contributed by atoms with Crippen LogP contribution in [0.3, 0.4) is 0 Å². The number of hydrogen-bond donors (Lipinski definition) is 1. The van der Waals surface area contributed by atoms with Crippen LogP contribution in [0.2, 0.25) is 0 Å². The summed E-state index contributed by atoms with van der Waals surface area (Å²) in [5, 5.41) is 11.1. The first-order valence-electron chi connectivity index (χ1n) is 7.88. The highest BCUT2D eigenvalue weighted by Crippen LogP contribution is 2.40. The third-order valence-electron chi connectivity index (χ3n) is 4.98. The van der Waals surface area contributed by atoms with Gasteiger partial charge < -0.3 is 10.0 Å². The molecule has 19 heavy (non-hydrogen) atoms. The van der Waals surface area contributed by atoms with Crippen molar-refractivity contribution >= 4 is 11.8 Å². The number of rotatable bonds is 2. The lowest BCUT2D eigenvalue weighted by atomic mass is 9.68. The lowest BCUT2D eigenvalue weighted by Crippen LogP contribution is -2.45. The molecule has 1 heterocycles. The van der Waals surface area contributed by atoms with Gasteiger partial charge in [0.15, 0.2) is 0 Å². The molecule has 1 aliphatic carbocycles. The maximum Gasteiger partial charge on any atom is 0.0580 e. The van der Waals surface area contributed by atoms with E-state index in [1.165, 1.54) is 31.7 Å². The van der Waals surface area contributed by atoms with Crippen LogP contribution in [0.25, 0.3) is 0 Å². The zero-order valence-electron chi connectivity index (χ0n) is 13.1. The van der Waals surface area contributed by atoms with Crippen molar-refractivity contribution in [3.8, 4) is 0 Å². The maximum atomic E-state index is 10.3. The zero-order valence-corrected chi connectivity index (χ0v) is 13.9. The van der Waals surface area contributed by atoms with Crippen LogP contribution in [0.1, 0.15) is 47.0 Å². The van der Waals surface area contributed by atoms with E-state index in [0.29, 0.717) is 11.3 Å². The third kappa shape index (κ3) is 4.37. The quantitative estimate of drug-likeness (QED) is 0.842. The number of thioether (sulfide) groups is 1. The predicted molar refractivity (Wildman–Crippen MR) is 84.7 cm³/mol. The van der Waals surface area contributed by atoms with Gasteiger partial charge >= 0.3 is 0 Å². The van der Waals surface area contributed by atoms with Crippen LogP contribution in [0, 0.1) is 17.3 Å². The van der Waals surface area contributed by atoms with Crippen LogP contribution in [0.5, 0.6) is 0 Å². The van der Waals surface area contributed by atoms with Crippen molar-refractivity contribution in [2.75, 3.05) is 25.4 Å². The Labute approximate surface area is 123 Å². The summed E-state index contributed by atoms with van der Waals surface area (Å²) in [6, 6.07) is 0. The van der Waals surface area contributed by atoms with Gasteiger partial charge in [-0.3, -0.25) is 0 Å². The Morgan fingerprint density at radius 1 is 1.26 bits per heavy atom. The molecule has 0 radical (unpaired) electrons. The van der Waals surface area contributed by atoms with Crippen molar-refractivity contribution < 1.29 is 5.11 Å². The number of nitrogens with zero attached hydrogens (tertiary/aromatic N) is 1. The fraction of sp³-hybridized carbons (Fsp3) is 1.00. The lowest BCUT2D eigenvalue weighted by molar-refractivity contribution is 0.00383. The molecular weight excluding hydrogens is 254 g/mol. The minimum atomic E-state index is -0.0662. The molecule has 0 spiro atoms. The minimum Gasteiger partial charge on any atom is -0.393 e. The van der Waals surface area contributed by atoms with Gasteiger partial charge in [0.2, 0.25) is 0 Å². The largest absolute Gasteiger partial charge is 0.393 e. The van der Waals surface area contributed by atoms with Gasteiger partial charge in [0, 0.05) is 30.6 Å². The molecule has 0 aromatic carbocycles. The zero-order chi connectivity index (χ0) is 14.0. The highest BCUT2D eigenvalue weighted by molar-refractivity contribution is 7.99. The van der Waals surface area contributed by atoms with E-state index in [9.17, 15) is 5.11 Å². The first-order valence-corrected chi connectivity index (χ1v) is 8.93. The molecule has 1 saturated heterocycles. The molecule has 4 atom stereocenters. The summed E-state index contributed by atoms with van der Waals surface area (Å²) in [7, 11) is 0. The van der Waals surface area contributed by atoms with E-state index in [0.717, 1.165) is 24.1 Å². The Hall–Kier alpha value is 0.270. The highest BCUT2D eigenvalue weighted by atomic mass is 32.2. The van der Waals surface area contributed by atoms with Gasteiger partial charge in [-0.2, -0.15) is 11.8 Å². The molecule has 2 fully saturated rings. The van der Waals surface area contributed by atoms with Crippen LogP contribution >= 0.6 is 11.8 Å². The standard InChI is InChI=1S/C16H31NOS/c1-12-10-17(7-8-19-12)11-13-9-14(16(2,3)4)5-6-15(13)18/h12-15,18H,5-11H2,1-4H3. The molecule has 0 bridgehead atoms. The molecule has 3 heteroatoms. The average molecular weight is 285 g/mol. The fourth-order valence-corrected chi connectivity index (χ4v) is 4.70. The molecule has 2 rings (SSSR count). The molecule has 112 valence electrons. The molecule has 4 unspecified atom stereocenters. The molecule has 2 aliphatic rings. The molecule has 0 aromatic rings. The normalized spacial score (nSPS) is 38.4. The minimum absolute atomic E-state index is 0.0662. The number of aliphatic hydroxyl groups excluding tert-OH is 1. The van der Waals surface area contributed by atoms with E-state index in [-0.39, 0.29) is 6.10 Å². The van der Waals surface area contributed by atoms with Gasteiger partial charge in [0.25, 0.3) is 0 Å². The van der Waals surface area contributed by atoms with Crippen LogP contribution in [-0.4, -0.2) is 46.7 Å². The van der Waals surface area contributed by atoms with Gasteiger partial charge in [-0.05, 0) is 36.5 Å². The summed E-state index contributed by atoms with van der Waals surface area (Å²) in [5.74, 6) is 2.53. The average Bonchev–Trinajstić information content (AvgIpc) is 2.30. The van der Waals surface area contributed by atoms with Crippen LogP contribution in [0.15, 0.2) is 0 Å². The summed E-state index contributed by atoms with van der Waals surface area (Å²) in [6.45, 7) is 12.9. The summed E-state index contributed by atoms with van der Waals surface area (Å²) < 4.78 is 0. The van der Waals surface area contributed by atoms with Crippen LogP contribution in [0.4, 0.5) is 0 Å². The van der Waals surface area contributed by atoms with E-state index in [1.807, 2.05) is 0 Å². The van der Waals surface area contributed by atoms with Crippen molar-refractivity contribution in [1.82, 2.24) is 4.90 Å². The Balaban J connectivity index is 1.90. The monoisotopic (exact) mass is 285 g/mol. The van der Waals surface area contributed by atoms with E-state index >= 15 is 0 Å². The van der Waals surface area contributed by atoms with E-state index in [1.54, 1.807) is 0 Å². The Kier molecular flexibility index (Phi) is 5.24. The van der Waals surface area contributed by atoms with Gasteiger partial charge in [-0.15, -0.1) is 0 Å². The van der Waals surface area contributed by atoms with Crippen LogP contribution in [-0.2, 0) is 0 Å². The van der Waals surface area contributed by atoms with Crippen molar-refractivity contribution in [3.05, 3.63) is 0 Å². The van der Waals surface area contributed by atoms with Crippen molar-refractivity contribution in [1.29, 1.82) is 0 Å². The van der Waals surface area contributed by atoms with Gasteiger partial charge in [-0.1, -0.05) is 27.7 Å². The first-order chi connectivity index (χ1) is 8.86. The predicted octanol–water partition coefficient (Wildman–Crippen LogP) is 3.25. The van der Waals surface area contributed by atoms with E-state index in [2.05, 4.69) is 44.4 Å². The van der Waals surface area contributed by atoms with E-state index < -0.39 is 0 Å². The molecule has 1 aliphatic heterocycles. The number of hydrogen-bond acceptors (Lipinski definition) is 3. The Morgan fingerprint density at radius 3 is 2.63 bits per heavy atom. The number of aliphatic hydroxyl groups is 1. The molecule has 1 saturated carbocycles. The smallest absolute Gasteiger partial charge is 0.0580 e. The fourth-order valence-electron chi connectivity index (χ4n) is 3.62. The van der Waals surface area contributed by atoms with E-state index in [4.69, 9.17) is 0 Å². The summed E-state index contributed by atoms with van der Waals surface area (Å²) in [4.78, 5) is 2.58. The summed E-state index contributed by atoms with van der Waals surface area (Å²) >= 11 is 2.09. The lowest BCUT2D eigenvalue weighted by Gasteiger charge is -2.42. The summed E-state index contributed by atoms with van der Waals surface area (Å²) in [5.41, 5.74) is 0.392. The molecule has 0 amide bonds. The molecular formula is C16H31NOS. The van der Waals surface area contributed by atoms with Gasteiger partial charge in [0.1, 0.15) is 0 Å². The second kappa shape index (κ2) is 6.36. The van der Waals surface area contributed by atoms with Crippen LogP contribution < -0.4 is 0 Å². The third-order valence-corrected chi connectivity index (χ3v) is 6.12. The van der Waals surface area contributed by atoms with Gasteiger partial charge in [-0.25, -0.2) is 0 Å². The molecule has 1 N–H and O–H groups in total. The topological polar surface area (TPSA) is 23.5 Å². The van der Waals surface area contributed by atoms with Crippen molar-refractivity contribution in [2.45, 2.75) is 58.3 Å². The Morgan fingerprint density at radius 2 is 2.00 bits per heavy atom. The maximum absolute atomic E-state index is 10.3. The Bertz CT molecular complexity index is 289. The van der Waals surface area contributed by atoms with Gasteiger partial charge in [0.05, 0.1) is 6.10 Å². The second-order valence-electron chi connectivity index (χ2n) is 7.64. The SMILES string of the molecule is CC1CN(CC2CC(C(C)(C)C)CCC2O)CCS1. The summed E-state index contributed by atoms with van der Waals surface area (Å²) in [6.07, 6.45) is 3.35. The molecule has 2 nitrogen and oxygen atoms in total. The second-order valence-corrected chi connectivity index (χ2v) is 9.19. The van der Waals surface area contributed by atoms with Crippen molar-refractivity contribution in [2.24, 2.45) is 17.3 Å². The molecule has 0 aromatic heterocycles. The van der Waals surface area contributed by atoms with Crippen molar-refractivity contribution in [3.63, 3.8) is 0 Å². The first kappa shape index (κ1) is 15.7.